The molecule has 3 nitrogen and oxygen atoms in total. The molecule has 38 valence electrons. The molecular formula is H2Cl2NO2P. The highest BCUT2D eigenvalue weighted by Crippen LogP contribution is 2.31. The van der Waals surface area contributed by atoms with Gasteiger partial charge in [-0.05, 0) is 0 Å². The Morgan fingerprint density at radius 3 is 1.67 bits per heavy atom. The van der Waals surface area contributed by atoms with Crippen LogP contribution in [0, 0.1) is 0 Å². The second-order valence-corrected chi connectivity index (χ2v) is 2.10. The Bertz CT molecular complexity index is 30.7. The zero-order chi connectivity index (χ0) is 4.99. The Balaban J connectivity index is 2.75. The van der Waals surface area contributed by atoms with Gasteiger partial charge in [0.25, 0.3) is 8.53 Å². The van der Waals surface area contributed by atoms with Crippen LogP contribution in [0.3, 0.4) is 0 Å². The lowest BCUT2D eigenvalue weighted by Gasteiger charge is -1.94. The highest BCUT2D eigenvalue weighted by atomic mass is 35.5. The van der Waals surface area contributed by atoms with Crippen LogP contribution in [0.5, 0.6) is 0 Å². The third-order valence-electron chi connectivity index (χ3n) is 0.136. The lowest BCUT2D eigenvalue weighted by atomic mass is 13.9. The molecule has 0 unspecified atom stereocenters. The molecule has 0 amide bonds. The van der Waals surface area contributed by atoms with Gasteiger partial charge in [-0.3, -0.25) is 5.50 Å². The predicted octanol–water partition coefficient (Wildman–Crippen LogP) is 1.51. The van der Waals surface area contributed by atoms with E-state index in [-0.39, 0.29) is 0 Å². The lowest BCUT2D eigenvalue weighted by Crippen LogP contribution is -1.83. The van der Waals surface area contributed by atoms with E-state index in [9.17, 15) is 0 Å². The van der Waals surface area contributed by atoms with Crippen molar-refractivity contribution in [2.75, 3.05) is 0 Å². The van der Waals surface area contributed by atoms with Crippen molar-refractivity contribution in [2.24, 2.45) is 5.50 Å². The van der Waals surface area contributed by atoms with Crippen LogP contribution >= 0.6 is 32.3 Å². The van der Waals surface area contributed by atoms with Crippen molar-refractivity contribution >= 4 is 32.3 Å². The minimum Gasteiger partial charge on any atom is -0.262 e. The lowest BCUT2D eigenvalue weighted by molar-refractivity contribution is 0.552. The van der Waals surface area contributed by atoms with E-state index in [1.165, 1.54) is 0 Å². The van der Waals surface area contributed by atoms with Crippen molar-refractivity contribution in [3.8, 4) is 0 Å². The van der Waals surface area contributed by atoms with Crippen LogP contribution in [0.25, 0.3) is 0 Å². The molecule has 0 aromatic heterocycles. The van der Waals surface area contributed by atoms with Crippen LogP contribution in [0.1, 0.15) is 0 Å². The Labute approximate surface area is 46.6 Å². The third kappa shape index (κ3) is 3.09. The number of hydrogen-bond acceptors (Lipinski definition) is 3. The summed E-state index contributed by atoms with van der Waals surface area (Å²) in [6.45, 7) is 0. The third-order valence-corrected chi connectivity index (χ3v) is 1.22. The van der Waals surface area contributed by atoms with E-state index in [1.54, 1.807) is 0 Å². The van der Waals surface area contributed by atoms with E-state index in [4.69, 9.17) is 5.50 Å². The van der Waals surface area contributed by atoms with Crippen molar-refractivity contribution in [2.45, 2.75) is 0 Å². The van der Waals surface area contributed by atoms with Gasteiger partial charge in [0, 0.05) is 0 Å². The Morgan fingerprint density at radius 2 is 1.67 bits per heavy atom. The first-order valence-corrected chi connectivity index (χ1v) is 2.80. The van der Waals surface area contributed by atoms with Crippen molar-refractivity contribution in [3.63, 3.8) is 0 Å². The first kappa shape index (κ1) is 6.89. The molecule has 0 aromatic carbocycles. The minimum atomic E-state index is -1.55. The van der Waals surface area contributed by atoms with Crippen LogP contribution in [0.4, 0.5) is 0 Å². The molecule has 0 aliphatic rings. The van der Waals surface area contributed by atoms with Crippen molar-refractivity contribution in [3.05, 3.63) is 0 Å². The summed E-state index contributed by atoms with van der Waals surface area (Å²) in [4.78, 5) is 0. The van der Waals surface area contributed by atoms with Crippen molar-refractivity contribution in [1.29, 1.82) is 0 Å². The van der Waals surface area contributed by atoms with Gasteiger partial charge in [0.15, 0.2) is 0 Å². The molecule has 0 atom stereocenters. The molecule has 0 bridgehead atoms. The number of nitrogens with two attached hydrogens (primary N) is 1. The fourth-order valence-electron chi connectivity index (χ4n) is 0.0106. The van der Waals surface area contributed by atoms with Crippen LogP contribution < -0.4 is 5.50 Å². The van der Waals surface area contributed by atoms with Crippen LogP contribution in [-0.4, -0.2) is 0 Å². The van der Waals surface area contributed by atoms with E-state index in [0.717, 1.165) is 0 Å². The molecular weight excluding hydrogens is 148 g/mol. The molecule has 0 rings (SSSR count). The number of hydrogen-bond donors (Lipinski definition) is 1. The first-order chi connectivity index (χ1) is 2.81. The summed E-state index contributed by atoms with van der Waals surface area (Å²) in [5.74, 6) is 0. The molecule has 0 heterocycles. The molecule has 6 heavy (non-hydrogen) atoms. The summed E-state index contributed by atoms with van der Waals surface area (Å²) in [5.41, 5.74) is 4.83. The van der Waals surface area contributed by atoms with Gasteiger partial charge in [0.05, 0.1) is 23.7 Å². The Morgan fingerprint density at radius 1 is 1.33 bits per heavy atom. The van der Waals surface area contributed by atoms with Gasteiger partial charge in [0.1, 0.15) is 0 Å². The summed E-state index contributed by atoms with van der Waals surface area (Å²) in [6.07, 6.45) is 0. The maximum Gasteiger partial charge on any atom is 0.288 e. The van der Waals surface area contributed by atoms with Gasteiger partial charge in [-0.15, -0.1) is 0 Å². The Hall–Kier alpha value is 0.890. The summed E-state index contributed by atoms with van der Waals surface area (Å²) in [5, 5.41) is 0. The topological polar surface area (TPSA) is 44.5 Å². The fourth-order valence-corrected chi connectivity index (χ4v) is 0.287. The van der Waals surface area contributed by atoms with E-state index in [2.05, 4.69) is 31.9 Å². The quantitative estimate of drug-likeness (QED) is 0.606. The SMILES string of the molecule is NP(OCl)OCl. The average Bonchev–Trinajstić information content (AvgIpc) is 1.65. The maximum atomic E-state index is 4.83. The van der Waals surface area contributed by atoms with Gasteiger partial charge in [-0.1, -0.05) is 0 Å². The largest absolute Gasteiger partial charge is 0.288 e. The Kier molecular flexibility index (Phi) is 4.66. The minimum absolute atomic E-state index is 1.55. The molecule has 0 spiro atoms. The molecule has 6 heteroatoms. The molecule has 0 aliphatic heterocycles. The van der Waals surface area contributed by atoms with Gasteiger partial charge in [0.2, 0.25) is 0 Å². The van der Waals surface area contributed by atoms with Gasteiger partial charge in [-0.25, -0.2) is 8.15 Å². The second-order valence-electron chi connectivity index (χ2n) is 0.423. The molecule has 0 radical (unpaired) electrons. The van der Waals surface area contributed by atoms with Gasteiger partial charge in [-0.2, -0.15) is 0 Å². The number of rotatable bonds is 2. The molecule has 0 saturated carbocycles. The molecule has 0 fully saturated rings. The normalized spacial score (nSPS) is 10.0. The molecule has 0 aromatic rings. The first-order valence-electron chi connectivity index (χ1n) is 0.932. The summed E-state index contributed by atoms with van der Waals surface area (Å²) < 4.78 is 7.72. The smallest absolute Gasteiger partial charge is 0.262 e. The van der Waals surface area contributed by atoms with Gasteiger partial charge < -0.3 is 0 Å². The van der Waals surface area contributed by atoms with E-state index >= 15 is 0 Å². The molecule has 0 aliphatic carbocycles. The number of halogens is 2. The average molecular weight is 150 g/mol. The summed E-state index contributed by atoms with van der Waals surface area (Å²) in [7, 11) is -1.55. The van der Waals surface area contributed by atoms with Crippen LogP contribution in [0.15, 0.2) is 0 Å². The van der Waals surface area contributed by atoms with Crippen molar-refractivity contribution < 1.29 is 8.15 Å². The highest BCUT2D eigenvalue weighted by Gasteiger charge is 1.96. The van der Waals surface area contributed by atoms with Gasteiger partial charge >= 0.3 is 0 Å². The zero-order valence-electron chi connectivity index (χ0n) is 2.60. The van der Waals surface area contributed by atoms with E-state index < -0.39 is 8.53 Å². The summed E-state index contributed by atoms with van der Waals surface area (Å²) in [6, 6.07) is 0. The van der Waals surface area contributed by atoms with Crippen LogP contribution in [-0.2, 0) is 8.15 Å². The highest BCUT2D eigenvalue weighted by molar-refractivity contribution is 7.46. The molecule has 2 N–H and O–H groups in total. The van der Waals surface area contributed by atoms with E-state index in [1.807, 2.05) is 0 Å². The standard InChI is InChI=1S/Cl2H2NO2P/c1-4-6(3)5-2/h3H2. The fraction of sp³-hybridized carbons (Fsp3) is 0. The zero-order valence-corrected chi connectivity index (χ0v) is 5.00. The second kappa shape index (κ2) is 4.06. The maximum absolute atomic E-state index is 4.83. The van der Waals surface area contributed by atoms with Crippen LogP contribution in [0.2, 0.25) is 0 Å². The monoisotopic (exact) mass is 149 g/mol. The predicted molar refractivity (Wildman–Crippen MR) is 25.0 cm³/mol. The molecule has 0 saturated heterocycles. The van der Waals surface area contributed by atoms with E-state index in [0.29, 0.717) is 0 Å². The van der Waals surface area contributed by atoms with Crippen molar-refractivity contribution in [1.82, 2.24) is 0 Å². The summed E-state index contributed by atoms with van der Waals surface area (Å²) >= 11 is 9.29.